The first-order chi connectivity index (χ1) is 16.3. The second kappa shape index (κ2) is 9.62. The third kappa shape index (κ3) is 4.83. The van der Waals surface area contributed by atoms with E-state index in [-0.39, 0.29) is 18.8 Å². The molecule has 1 N–H and O–H groups in total. The Labute approximate surface area is 192 Å². The maximum absolute atomic E-state index is 14.2. The van der Waals surface area contributed by atoms with E-state index in [0.717, 1.165) is 15.3 Å². The third-order valence-electron chi connectivity index (χ3n) is 5.22. The van der Waals surface area contributed by atoms with Crippen molar-refractivity contribution in [1.29, 1.82) is 0 Å². The molecule has 172 valence electrons. The summed E-state index contributed by atoms with van der Waals surface area (Å²) in [5, 5.41) is 6.53. The number of halogens is 2. The molecule has 0 unspecified atom stereocenters. The average Bonchev–Trinajstić information content (AvgIpc) is 2.84. The molecule has 1 amide bonds. The van der Waals surface area contributed by atoms with Crippen LogP contribution >= 0.6 is 0 Å². The summed E-state index contributed by atoms with van der Waals surface area (Å²) in [7, 11) is 0. The van der Waals surface area contributed by atoms with E-state index in [4.69, 9.17) is 0 Å². The zero-order valence-electron chi connectivity index (χ0n) is 18.2. The molecule has 9 heteroatoms. The Morgan fingerprint density at radius 3 is 2.32 bits per heavy atom. The quantitative estimate of drug-likeness (QED) is 0.478. The summed E-state index contributed by atoms with van der Waals surface area (Å²) in [6.45, 7) is 1.48. The number of rotatable bonds is 6. The molecule has 4 rings (SSSR count). The highest BCUT2D eigenvalue weighted by atomic mass is 19.1. The van der Waals surface area contributed by atoms with Crippen LogP contribution in [-0.2, 0) is 13.1 Å². The summed E-state index contributed by atoms with van der Waals surface area (Å²) in [5.41, 5.74) is -0.519. The van der Waals surface area contributed by atoms with Gasteiger partial charge in [-0.3, -0.25) is 14.2 Å². The van der Waals surface area contributed by atoms with E-state index >= 15 is 0 Å². The van der Waals surface area contributed by atoms with Crippen LogP contribution in [0.3, 0.4) is 0 Å². The predicted octanol–water partition coefficient (Wildman–Crippen LogP) is 2.96. The minimum atomic E-state index is -0.880. The number of aromatic nitrogens is 3. The van der Waals surface area contributed by atoms with Gasteiger partial charge in [0.25, 0.3) is 11.5 Å². The normalized spacial score (nSPS) is 10.8. The van der Waals surface area contributed by atoms with E-state index in [1.54, 1.807) is 37.3 Å². The largest absolute Gasteiger partial charge is 0.352 e. The highest BCUT2D eigenvalue weighted by Gasteiger charge is 2.21. The molecule has 0 saturated carbocycles. The number of aryl methyl sites for hydroxylation is 1. The Hall–Kier alpha value is -4.40. The zero-order chi connectivity index (χ0) is 24.2. The molecule has 3 aromatic carbocycles. The summed E-state index contributed by atoms with van der Waals surface area (Å²) in [6, 6.07) is 18.3. The summed E-state index contributed by atoms with van der Waals surface area (Å²) < 4.78 is 29.0. The topological polar surface area (TPSA) is 86.0 Å². The van der Waals surface area contributed by atoms with Gasteiger partial charge in [-0.2, -0.15) is 9.78 Å². The van der Waals surface area contributed by atoms with E-state index in [0.29, 0.717) is 16.7 Å². The van der Waals surface area contributed by atoms with Crippen LogP contribution in [0.25, 0.3) is 5.69 Å². The van der Waals surface area contributed by atoms with Crippen LogP contribution < -0.4 is 16.6 Å². The molecular weight excluding hydrogens is 442 g/mol. The molecule has 0 saturated heterocycles. The number of carbonyl (C=O) groups is 1. The van der Waals surface area contributed by atoms with Gasteiger partial charge >= 0.3 is 5.69 Å². The minimum absolute atomic E-state index is 0.0111. The Morgan fingerprint density at radius 1 is 0.941 bits per heavy atom. The monoisotopic (exact) mass is 462 g/mol. The molecule has 0 fully saturated rings. The van der Waals surface area contributed by atoms with Crippen molar-refractivity contribution in [2.45, 2.75) is 20.0 Å². The maximum Gasteiger partial charge on any atom is 0.352 e. The van der Waals surface area contributed by atoms with Crippen molar-refractivity contribution in [2.24, 2.45) is 0 Å². The molecule has 0 atom stereocenters. The molecule has 1 heterocycles. The SMILES string of the molecule is Cc1ccc(-n2nc(C(=O)NCc3ccc(F)cc3)c(=O)n(Cc3ccccc3)c2=O)cc1F. The molecule has 0 radical (unpaired) electrons. The molecule has 34 heavy (non-hydrogen) atoms. The van der Waals surface area contributed by atoms with Gasteiger partial charge in [-0.25, -0.2) is 13.6 Å². The Morgan fingerprint density at radius 2 is 1.65 bits per heavy atom. The van der Waals surface area contributed by atoms with Gasteiger partial charge in [-0.05, 0) is 41.8 Å². The van der Waals surface area contributed by atoms with Crippen molar-refractivity contribution >= 4 is 5.91 Å². The van der Waals surface area contributed by atoms with E-state index in [9.17, 15) is 23.2 Å². The number of nitrogens with zero attached hydrogens (tertiary/aromatic N) is 3. The number of nitrogens with one attached hydrogen (secondary N) is 1. The lowest BCUT2D eigenvalue weighted by atomic mass is 10.2. The van der Waals surface area contributed by atoms with Gasteiger partial charge in [0.05, 0.1) is 12.2 Å². The molecule has 0 spiro atoms. The second-order valence-electron chi connectivity index (χ2n) is 7.66. The predicted molar refractivity (Wildman–Crippen MR) is 122 cm³/mol. The first kappa shape index (κ1) is 22.8. The minimum Gasteiger partial charge on any atom is -0.346 e. The molecule has 7 nitrogen and oxygen atoms in total. The van der Waals surface area contributed by atoms with E-state index < -0.39 is 34.5 Å². The summed E-state index contributed by atoms with van der Waals surface area (Å²) in [5.74, 6) is -1.80. The molecule has 0 aliphatic heterocycles. The first-order valence-electron chi connectivity index (χ1n) is 10.4. The van der Waals surface area contributed by atoms with Gasteiger partial charge in [-0.1, -0.05) is 48.5 Å². The number of benzene rings is 3. The fourth-order valence-corrected chi connectivity index (χ4v) is 3.31. The molecule has 0 bridgehead atoms. The highest BCUT2D eigenvalue weighted by Crippen LogP contribution is 2.11. The molecule has 0 aliphatic rings. The van der Waals surface area contributed by atoms with Crippen molar-refractivity contribution in [3.63, 3.8) is 0 Å². The van der Waals surface area contributed by atoms with Crippen LogP contribution in [-0.4, -0.2) is 20.3 Å². The molecule has 0 aliphatic carbocycles. The van der Waals surface area contributed by atoms with Crippen molar-refractivity contribution in [2.75, 3.05) is 0 Å². The number of hydrogen-bond acceptors (Lipinski definition) is 4. The van der Waals surface area contributed by atoms with Crippen LogP contribution in [0.4, 0.5) is 8.78 Å². The number of carbonyl (C=O) groups excluding carboxylic acids is 1. The Bertz CT molecular complexity index is 1460. The van der Waals surface area contributed by atoms with Gasteiger partial charge in [0.2, 0.25) is 5.69 Å². The molecule has 4 aromatic rings. The lowest BCUT2D eigenvalue weighted by Gasteiger charge is -2.13. The van der Waals surface area contributed by atoms with E-state index in [2.05, 4.69) is 10.4 Å². The van der Waals surface area contributed by atoms with Crippen molar-refractivity contribution in [3.05, 3.63) is 128 Å². The fourth-order valence-electron chi connectivity index (χ4n) is 3.31. The van der Waals surface area contributed by atoms with Crippen molar-refractivity contribution in [1.82, 2.24) is 19.7 Å². The van der Waals surface area contributed by atoms with Crippen LogP contribution in [0.15, 0.2) is 82.4 Å². The Balaban J connectivity index is 1.78. The summed E-state index contributed by atoms with van der Waals surface area (Å²) >= 11 is 0. The maximum atomic E-state index is 14.2. The van der Waals surface area contributed by atoms with Crippen molar-refractivity contribution < 1.29 is 13.6 Å². The van der Waals surface area contributed by atoms with Crippen LogP contribution in [0, 0.1) is 18.6 Å². The lowest BCUT2D eigenvalue weighted by molar-refractivity contribution is 0.0941. The summed E-state index contributed by atoms with van der Waals surface area (Å²) in [4.78, 5) is 39.1. The smallest absolute Gasteiger partial charge is 0.346 e. The highest BCUT2D eigenvalue weighted by molar-refractivity contribution is 5.91. The zero-order valence-corrected chi connectivity index (χ0v) is 18.2. The molecule has 1 aromatic heterocycles. The van der Waals surface area contributed by atoms with Gasteiger partial charge in [-0.15, -0.1) is 0 Å². The third-order valence-corrected chi connectivity index (χ3v) is 5.22. The van der Waals surface area contributed by atoms with Gasteiger partial charge < -0.3 is 5.32 Å². The van der Waals surface area contributed by atoms with Gasteiger partial charge in [0.1, 0.15) is 11.6 Å². The average molecular weight is 462 g/mol. The van der Waals surface area contributed by atoms with E-state index in [1.165, 1.54) is 36.4 Å². The van der Waals surface area contributed by atoms with Crippen LogP contribution in [0.1, 0.15) is 27.2 Å². The van der Waals surface area contributed by atoms with Gasteiger partial charge in [0, 0.05) is 12.6 Å². The summed E-state index contributed by atoms with van der Waals surface area (Å²) in [6.07, 6.45) is 0. The number of amides is 1. The van der Waals surface area contributed by atoms with Crippen LogP contribution in [0.5, 0.6) is 0 Å². The fraction of sp³-hybridized carbons (Fsp3) is 0.120. The van der Waals surface area contributed by atoms with Crippen LogP contribution in [0.2, 0.25) is 0 Å². The molecular formula is C25H20F2N4O3. The standard InChI is InChI=1S/C25H20F2N4O3/c1-16-7-12-20(13-21(16)27)31-25(34)30(15-18-5-3-2-4-6-18)24(33)22(29-31)23(32)28-14-17-8-10-19(26)11-9-17/h2-13H,14-15H2,1H3,(H,28,32). The van der Waals surface area contributed by atoms with Crippen molar-refractivity contribution in [3.8, 4) is 5.69 Å². The number of hydrogen-bond donors (Lipinski definition) is 1. The second-order valence-corrected chi connectivity index (χ2v) is 7.66. The Kier molecular flexibility index (Phi) is 6.44. The van der Waals surface area contributed by atoms with Gasteiger partial charge in [0.15, 0.2) is 0 Å². The lowest BCUT2D eigenvalue weighted by Crippen LogP contribution is -2.46. The van der Waals surface area contributed by atoms with E-state index in [1.807, 2.05) is 0 Å². The first-order valence-corrected chi connectivity index (χ1v) is 10.4.